The maximum Gasteiger partial charge on any atom is 0.331 e. The summed E-state index contributed by atoms with van der Waals surface area (Å²) in [5, 5.41) is 5.28. The molecular formula is C17H20Cl2N2O4. The van der Waals surface area contributed by atoms with Gasteiger partial charge in [-0.3, -0.25) is 10.1 Å². The van der Waals surface area contributed by atoms with Crippen LogP contribution >= 0.6 is 23.2 Å². The second kappa shape index (κ2) is 10.7. The maximum atomic E-state index is 11.6. The third-order valence-electron chi connectivity index (χ3n) is 2.99. The monoisotopic (exact) mass is 386 g/mol. The normalized spacial score (nSPS) is 10.8. The van der Waals surface area contributed by atoms with Crippen molar-refractivity contribution in [3.05, 3.63) is 39.9 Å². The first-order chi connectivity index (χ1) is 11.8. The van der Waals surface area contributed by atoms with Crippen molar-refractivity contribution in [3.8, 4) is 0 Å². The molecule has 0 aliphatic rings. The molecule has 3 amide bonds. The van der Waals surface area contributed by atoms with Crippen molar-refractivity contribution in [1.82, 2.24) is 10.6 Å². The van der Waals surface area contributed by atoms with E-state index in [0.29, 0.717) is 28.1 Å². The Morgan fingerprint density at radius 2 is 1.96 bits per heavy atom. The number of urea groups is 1. The lowest BCUT2D eigenvalue weighted by molar-refractivity contribution is -0.143. The topological polar surface area (TPSA) is 84.5 Å². The van der Waals surface area contributed by atoms with Crippen molar-refractivity contribution in [2.24, 2.45) is 5.92 Å². The first-order valence-corrected chi connectivity index (χ1v) is 8.41. The van der Waals surface area contributed by atoms with Gasteiger partial charge in [0, 0.05) is 12.6 Å². The highest BCUT2D eigenvalue weighted by atomic mass is 35.5. The van der Waals surface area contributed by atoms with E-state index in [2.05, 4.69) is 10.6 Å². The van der Waals surface area contributed by atoms with Gasteiger partial charge in [-0.2, -0.15) is 0 Å². The molecular weight excluding hydrogens is 367 g/mol. The molecule has 0 spiro atoms. The first-order valence-electron chi connectivity index (χ1n) is 7.66. The minimum absolute atomic E-state index is 0.309. The zero-order chi connectivity index (χ0) is 18.8. The van der Waals surface area contributed by atoms with E-state index in [1.807, 2.05) is 13.8 Å². The van der Waals surface area contributed by atoms with E-state index in [4.69, 9.17) is 27.9 Å². The molecule has 1 rings (SSSR count). The van der Waals surface area contributed by atoms with E-state index in [-0.39, 0.29) is 0 Å². The fourth-order valence-corrected chi connectivity index (χ4v) is 2.04. The Labute approximate surface area is 156 Å². The molecule has 1 aromatic rings. The number of rotatable bonds is 7. The van der Waals surface area contributed by atoms with Gasteiger partial charge >= 0.3 is 12.0 Å². The minimum Gasteiger partial charge on any atom is -0.452 e. The number of ether oxygens (including phenoxy) is 1. The van der Waals surface area contributed by atoms with Gasteiger partial charge in [0.2, 0.25) is 0 Å². The van der Waals surface area contributed by atoms with Gasteiger partial charge in [-0.15, -0.1) is 0 Å². The van der Waals surface area contributed by atoms with E-state index in [0.717, 1.165) is 12.5 Å². The molecule has 0 bridgehead atoms. The molecule has 0 fully saturated rings. The molecule has 0 heterocycles. The lowest BCUT2D eigenvalue weighted by Crippen LogP contribution is -2.41. The summed E-state index contributed by atoms with van der Waals surface area (Å²) >= 11 is 11.8. The van der Waals surface area contributed by atoms with Gasteiger partial charge in [0.25, 0.3) is 5.91 Å². The molecule has 2 N–H and O–H groups in total. The van der Waals surface area contributed by atoms with E-state index in [9.17, 15) is 14.4 Å². The van der Waals surface area contributed by atoms with Crippen LogP contribution in [0.3, 0.4) is 0 Å². The Hall–Kier alpha value is -2.05. The number of carbonyl (C=O) groups is 3. The van der Waals surface area contributed by atoms with E-state index < -0.39 is 24.5 Å². The van der Waals surface area contributed by atoms with Crippen LogP contribution in [0.1, 0.15) is 25.8 Å². The zero-order valence-electron chi connectivity index (χ0n) is 14.0. The molecule has 1 aromatic carbocycles. The quantitative estimate of drug-likeness (QED) is 0.555. The molecule has 0 atom stereocenters. The molecule has 0 aromatic heterocycles. The number of esters is 1. The zero-order valence-corrected chi connectivity index (χ0v) is 15.5. The second-order valence-electron chi connectivity index (χ2n) is 5.57. The van der Waals surface area contributed by atoms with Gasteiger partial charge < -0.3 is 10.1 Å². The Morgan fingerprint density at radius 3 is 2.64 bits per heavy atom. The van der Waals surface area contributed by atoms with Crippen LogP contribution < -0.4 is 10.6 Å². The summed E-state index contributed by atoms with van der Waals surface area (Å²) in [6.07, 6.45) is 3.34. The molecule has 0 aliphatic heterocycles. The standard InChI is InChI=1S/C17H20Cl2N2O4/c1-11(2)8-9-20-17(24)21-14(22)10-25-15(23)7-6-12-4-3-5-13(18)16(12)19/h3-7,11H,8-10H2,1-2H3,(H2,20,21,22,24)/b7-6+. The molecule has 0 unspecified atom stereocenters. The predicted octanol–water partition coefficient (Wildman–Crippen LogP) is 3.42. The Bertz CT molecular complexity index is 660. The van der Waals surface area contributed by atoms with Crippen LogP contribution in [-0.2, 0) is 14.3 Å². The minimum atomic E-state index is -0.744. The summed E-state index contributed by atoms with van der Waals surface area (Å²) in [4.78, 5) is 34.5. The summed E-state index contributed by atoms with van der Waals surface area (Å²) in [5.41, 5.74) is 0.542. The highest BCUT2D eigenvalue weighted by Crippen LogP contribution is 2.26. The number of amides is 3. The van der Waals surface area contributed by atoms with Crippen molar-refractivity contribution < 1.29 is 19.1 Å². The number of carbonyl (C=O) groups excluding carboxylic acids is 3. The van der Waals surface area contributed by atoms with Gasteiger partial charge in [-0.05, 0) is 30.0 Å². The smallest absolute Gasteiger partial charge is 0.331 e. The van der Waals surface area contributed by atoms with Crippen LogP contribution in [0.5, 0.6) is 0 Å². The summed E-state index contributed by atoms with van der Waals surface area (Å²) in [7, 11) is 0. The van der Waals surface area contributed by atoms with Crippen LogP contribution in [0.25, 0.3) is 6.08 Å². The largest absolute Gasteiger partial charge is 0.452 e. The van der Waals surface area contributed by atoms with Crippen molar-refractivity contribution in [1.29, 1.82) is 0 Å². The molecule has 0 saturated heterocycles. The summed E-state index contributed by atoms with van der Waals surface area (Å²) in [6.45, 7) is 3.94. The van der Waals surface area contributed by atoms with Crippen LogP contribution in [0.2, 0.25) is 10.0 Å². The molecule has 0 saturated carbocycles. The molecule has 0 aliphatic carbocycles. The molecule has 6 nitrogen and oxygen atoms in total. The van der Waals surface area contributed by atoms with E-state index in [1.54, 1.807) is 18.2 Å². The Kier molecular flexibility index (Phi) is 9.02. The summed E-state index contributed by atoms with van der Waals surface area (Å²) in [5.74, 6) is -1.02. The third-order valence-corrected chi connectivity index (χ3v) is 3.82. The van der Waals surface area contributed by atoms with Crippen molar-refractivity contribution >= 4 is 47.2 Å². The number of nitrogens with one attached hydrogen (secondary N) is 2. The number of hydrogen-bond acceptors (Lipinski definition) is 4. The van der Waals surface area contributed by atoms with Gasteiger partial charge in [-0.1, -0.05) is 49.2 Å². The third kappa shape index (κ3) is 8.56. The maximum absolute atomic E-state index is 11.6. The average molecular weight is 387 g/mol. The van der Waals surface area contributed by atoms with Crippen LogP contribution in [0, 0.1) is 5.92 Å². The van der Waals surface area contributed by atoms with Gasteiger partial charge in [0.15, 0.2) is 6.61 Å². The SMILES string of the molecule is CC(C)CCNC(=O)NC(=O)COC(=O)/C=C/c1cccc(Cl)c1Cl. The van der Waals surface area contributed by atoms with Crippen LogP contribution in [0.4, 0.5) is 4.79 Å². The molecule has 136 valence electrons. The number of halogens is 2. The highest BCUT2D eigenvalue weighted by molar-refractivity contribution is 6.42. The van der Waals surface area contributed by atoms with Crippen LogP contribution in [-0.4, -0.2) is 31.1 Å². The van der Waals surface area contributed by atoms with Gasteiger partial charge in [0.1, 0.15) is 0 Å². The van der Waals surface area contributed by atoms with Crippen molar-refractivity contribution in [2.75, 3.05) is 13.2 Å². The fourth-order valence-electron chi connectivity index (χ4n) is 1.67. The highest BCUT2D eigenvalue weighted by Gasteiger charge is 2.09. The fraction of sp³-hybridized carbons (Fsp3) is 0.353. The number of hydrogen-bond donors (Lipinski definition) is 2. The number of imide groups is 1. The number of benzene rings is 1. The van der Waals surface area contributed by atoms with Gasteiger partial charge in [-0.25, -0.2) is 9.59 Å². The Balaban J connectivity index is 2.35. The average Bonchev–Trinajstić information content (AvgIpc) is 2.54. The first kappa shape index (κ1) is 21.0. The molecule has 8 heteroatoms. The predicted molar refractivity (Wildman–Crippen MR) is 97.5 cm³/mol. The molecule has 25 heavy (non-hydrogen) atoms. The summed E-state index contributed by atoms with van der Waals surface area (Å²) < 4.78 is 4.75. The van der Waals surface area contributed by atoms with E-state index in [1.165, 1.54) is 6.08 Å². The Morgan fingerprint density at radius 1 is 1.24 bits per heavy atom. The van der Waals surface area contributed by atoms with Crippen LogP contribution in [0.15, 0.2) is 24.3 Å². The van der Waals surface area contributed by atoms with Crippen molar-refractivity contribution in [3.63, 3.8) is 0 Å². The van der Waals surface area contributed by atoms with Crippen molar-refractivity contribution in [2.45, 2.75) is 20.3 Å². The summed E-state index contributed by atoms with van der Waals surface area (Å²) in [6, 6.07) is 4.36. The lowest BCUT2D eigenvalue weighted by atomic mass is 10.1. The second-order valence-corrected chi connectivity index (χ2v) is 6.36. The molecule has 0 radical (unpaired) electrons. The van der Waals surface area contributed by atoms with E-state index >= 15 is 0 Å². The lowest BCUT2D eigenvalue weighted by Gasteiger charge is -2.08. The van der Waals surface area contributed by atoms with Gasteiger partial charge in [0.05, 0.1) is 10.0 Å².